The number of aromatic amines is 2. The van der Waals surface area contributed by atoms with Gasteiger partial charge in [-0.25, -0.2) is 19.6 Å². The summed E-state index contributed by atoms with van der Waals surface area (Å²) in [4.78, 5) is 72.3. The summed E-state index contributed by atoms with van der Waals surface area (Å²) in [5.41, 5.74) is 10.1. The first-order chi connectivity index (χ1) is 31.2. The van der Waals surface area contributed by atoms with Gasteiger partial charge in [-0.05, 0) is 102 Å². The summed E-state index contributed by atoms with van der Waals surface area (Å²) in [6.45, 7) is 12.7. The van der Waals surface area contributed by atoms with E-state index in [-0.39, 0.29) is 47.3 Å². The molecule has 6 heterocycles. The molecule has 2 saturated heterocycles. The Morgan fingerprint density at radius 1 is 0.754 bits per heavy atom. The lowest BCUT2D eigenvalue weighted by molar-refractivity contribution is -0.135. The number of hydrogen-bond acceptors (Lipinski definition) is 9. The molecule has 4 aromatic heterocycles. The summed E-state index contributed by atoms with van der Waals surface area (Å²) >= 11 is 0. The van der Waals surface area contributed by atoms with Crippen LogP contribution in [0, 0.1) is 17.8 Å². The van der Waals surface area contributed by atoms with Crippen molar-refractivity contribution in [2.75, 3.05) is 27.3 Å². The van der Waals surface area contributed by atoms with Gasteiger partial charge in [0.2, 0.25) is 5.91 Å². The second kappa shape index (κ2) is 17.1. The summed E-state index contributed by atoms with van der Waals surface area (Å²) in [7, 11) is 2.57. The van der Waals surface area contributed by atoms with Gasteiger partial charge in [0, 0.05) is 23.9 Å². The predicted molar refractivity (Wildman–Crippen MR) is 248 cm³/mol. The Morgan fingerprint density at radius 2 is 1.35 bits per heavy atom. The van der Waals surface area contributed by atoms with Gasteiger partial charge in [0.05, 0.1) is 49.2 Å². The van der Waals surface area contributed by atoms with Crippen molar-refractivity contribution >= 4 is 57.0 Å². The van der Waals surface area contributed by atoms with E-state index in [1.807, 2.05) is 36.9 Å². The number of imidazole rings is 2. The number of fused-ring (bicyclic) bond motifs is 6. The van der Waals surface area contributed by atoms with Crippen LogP contribution >= 0.6 is 0 Å². The highest BCUT2D eigenvalue weighted by atomic mass is 16.5. The molecule has 2 aliphatic heterocycles. The maximum absolute atomic E-state index is 13.9. The van der Waals surface area contributed by atoms with Crippen LogP contribution in [-0.2, 0) is 19.1 Å². The van der Waals surface area contributed by atoms with E-state index in [4.69, 9.17) is 23.9 Å². The summed E-state index contributed by atoms with van der Waals surface area (Å²) in [6, 6.07) is 21.6. The molecule has 7 aromatic rings. The second-order valence-electron chi connectivity index (χ2n) is 18.2. The molecule has 9 rings (SSSR count). The van der Waals surface area contributed by atoms with Gasteiger partial charge in [0.1, 0.15) is 34.6 Å². The van der Waals surface area contributed by atoms with Crippen molar-refractivity contribution in [1.82, 2.24) is 40.4 Å². The van der Waals surface area contributed by atoms with Crippen LogP contribution in [-0.4, -0.2) is 87.1 Å². The number of allylic oxidation sites excluding steroid dienone is 1. The number of likely N-dealkylation sites (tertiary alicyclic amines) is 2. The SMILES string of the molecule is COC(=O)NC(C(=O)N1C[C@@H](C)C[C@H]1c1ncc(-c2ccc(-c3ccc(-c4ccc5nc([C@@H]6C[C@H](C)CN6C(=O)[C@@H](NC(=O)OC)C(C)C)[nH]c5c4)c4c5ccc(o5)c34)cc2)[nH]1)=C(C)C. The molecule has 4 amide bonds. The number of carbonyl (C=O) groups is 4. The molecule has 4 N–H and O–H groups in total. The normalized spacial score (nSPS) is 19.1. The number of amides is 4. The smallest absolute Gasteiger partial charge is 0.411 e. The Bertz CT molecular complexity index is 2980. The van der Waals surface area contributed by atoms with Gasteiger partial charge >= 0.3 is 12.2 Å². The number of nitrogens with one attached hydrogen (secondary N) is 4. The Kier molecular flexibility index (Phi) is 11.3. The fraction of sp³-hybridized carbons (Fsp3) is 0.360. The minimum atomic E-state index is -0.722. The number of nitrogens with zero attached hydrogens (tertiary/aromatic N) is 4. The lowest BCUT2D eigenvalue weighted by Crippen LogP contribution is -2.51. The van der Waals surface area contributed by atoms with Gasteiger partial charge < -0.3 is 39.0 Å². The molecule has 0 aliphatic carbocycles. The van der Waals surface area contributed by atoms with Gasteiger partial charge in [-0.3, -0.25) is 14.9 Å². The summed E-state index contributed by atoms with van der Waals surface area (Å²) in [5, 5.41) is 7.41. The Labute approximate surface area is 376 Å². The second-order valence-corrected chi connectivity index (χ2v) is 18.2. The van der Waals surface area contributed by atoms with Crippen LogP contribution in [0.3, 0.4) is 0 Å². The first-order valence-corrected chi connectivity index (χ1v) is 22.1. The lowest BCUT2D eigenvalue weighted by Gasteiger charge is -2.30. The van der Waals surface area contributed by atoms with E-state index in [2.05, 4.69) is 83.0 Å². The van der Waals surface area contributed by atoms with E-state index in [0.29, 0.717) is 30.3 Å². The molecule has 0 saturated carbocycles. The average molecular weight is 879 g/mol. The summed E-state index contributed by atoms with van der Waals surface area (Å²) in [6.07, 6.45) is 1.96. The van der Waals surface area contributed by atoms with Crippen molar-refractivity contribution in [1.29, 1.82) is 0 Å². The molecule has 2 bridgehead atoms. The number of H-pyrrole nitrogens is 2. The van der Waals surface area contributed by atoms with Gasteiger partial charge in [-0.2, -0.15) is 0 Å². The van der Waals surface area contributed by atoms with Crippen molar-refractivity contribution in [2.24, 2.45) is 17.8 Å². The van der Waals surface area contributed by atoms with E-state index >= 15 is 0 Å². The minimum absolute atomic E-state index is 0.133. The highest BCUT2D eigenvalue weighted by molar-refractivity contribution is 6.19. The number of benzene rings is 4. The monoisotopic (exact) mass is 878 g/mol. The number of carbonyl (C=O) groups excluding carboxylic acids is 4. The first kappa shape index (κ1) is 43.1. The number of alkyl carbamates (subject to hydrolysis) is 2. The minimum Gasteiger partial charge on any atom is -0.456 e. The third-order valence-corrected chi connectivity index (χ3v) is 12.9. The molecular weight excluding hydrogens is 825 g/mol. The molecular formula is C50H54N8O7. The van der Waals surface area contributed by atoms with Gasteiger partial charge in [0.25, 0.3) is 5.91 Å². The first-order valence-electron chi connectivity index (χ1n) is 22.1. The van der Waals surface area contributed by atoms with Crippen molar-refractivity contribution < 1.29 is 33.1 Å². The van der Waals surface area contributed by atoms with Crippen LogP contribution in [0.15, 0.2) is 88.6 Å². The van der Waals surface area contributed by atoms with E-state index < -0.39 is 18.2 Å². The Morgan fingerprint density at radius 3 is 1.98 bits per heavy atom. The highest BCUT2D eigenvalue weighted by Gasteiger charge is 2.41. The molecule has 336 valence electrons. The summed E-state index contributed by atoms with van der Waals surface area (Å²) < 4.78 is 15.9. The van der Waals surface area contributed by atoms with Crippen molar-refractivity contribution in [3.8, 4) is 33.5 Å². The lowest BCUT2D eigenvalue weighted by atomic mass is 9.91. The molecule has 2 aliphatic rings. The number of ether oxygens (including phenoxy) is 2. The van der Waals surface area contributed by atoms with Crippen molar-refractivity contribution in [3.63, 3.8) is 0 Å². The molecule has 3 aromatic carbocycles. The van der Waals surface area contributed by atoms with Crippen LogP contribution in [0.2, 0.25) is 0 Å². The maximum atomic E-state index is 13.9. The zero-order valence-corrected chi connectivity index (χ0v) is 37.9. The summed E-state index contributed by atoms with van der Waals surface area (Å²) in [5.74, 6) is 1.35. The molecule has 15 heteroatoms. The van der Waals surface area contributed by atoms with Gasteiger partial charge in [-0.15, -0.1) is 0 Å². The zero-order valence-electron chi connectivity index (χ0n) is 37.9. The molecule has 2 fully saturated rings. The zero-order chi connectivity index (χ0) is 45.8. The van der Waals surface area contributed by atoms with Gasteiger partial charge in [-0.1, -0.05) is 70.2 Å². The molecule has 0 unspecified atom stereocenters. The molecule has 5 atom stereocenters. The number of rotatable bonds is 10. The quantitative estimate of drug-likeness (QED) is 0.0971. The topological polar surface area (TPSA) is 188 Å². The largest absolute Gasteiger partial charge is 0.456 e. The Balaban J connectivity index is 0.973. The Hall–Kier alpha value is -7.16. The van der Waals surface area contributed by atoms with E-state index in [0.717, 1.165) is 79.3 Å². The average Bonchev–Trinajstić information content (AvgIpc) is 4.17. The molecule has 0 spiro atoms. The van der Waals surface area contributed by atoms with Crippen molar-refractivity contribution in [3.05, 3.63) is 95.8 Å². The van der Waals surface area contributed by atoms with Gasteiger partial charge in [0.15, 0.2) is 0 Å². The molecule has 15 nitrogen and oxygen atoms in total. The van der Waals surface area contributed by atoms with Crippen LogP contribution < -0.4 is 10.6 Å². The standard InChI is InChI=1S/C50H54N8O7/c1-25(2)43(55-49(61)63-7)47(59)57-23-27(5)19-37(57)45-51-22-36(54-45)30-11-9-29(10-12-30)32-14-15-33(42-40-18-17-39(65-40)41(32)42)31-13-16-34-35(21-31)53-46(52-34)38-20-28(6)24-58(38)48(60)44(26(3)4)56-50(62)64-8/h9-18,21-22,26-28,37-38,44H,19-20,23-24H2,1-8H3,(H,51,54)(H,52,53)(H,55,61)(H,56,62)/t27-,28-,37-,38-,44-/m0/s1. The van der Waals surface area contributed by atoms with E-state index in [1.54, 1.807) is 24.9 Å². The third kappa shape index (κ3) is 7.93. The highest BCUT2D eigenvalue weighted by Crippen LogP contribution is 2.45. The number of aromatic nitrogens is 4. The number of methoxy groups -OCH3 is 2. The third-order valence-electron chi connectivity index (χ3n) is 12.9. The molecule has 0 radical (unpaired) electrons. The van der Waals surface area contributed by atoms with Crippen LogP contribution in [0.25, 0.3) is 66.5 Å². The number of furan rings is 2. The number of hydrogen-bond donors (Lipinski definition) is 4. The van der Waals surface area contributed by atoms with Crippen molar-refractivity contribution in [2.45, 2.75) is 72.5 Å². The van der Waals surface area contributed by atoms with Crippen LogP contribution in [0.4, 0.5) is 9.59 Å². The predicted octanol–water partition coefficient (Wildman–Crippen LogP) is 9.47. The molecule has 65 heavy (non-hydrogen) atoms. The van der Waals surface area contributed by atoms with E-state index in [1.165, 1.54) is 14.2 Å². The maximum Gasteiger partial charge on any atom is 0.411 e. The van der Waals surface area contributed by atoms with E-state index in [9.17, 15) is 19.2 Å². The fourth-order valence-electron chi connectivity index (χ4n) is 9.68. The fourth-order valence-corrected chi connectivity index (χ4v) is 9.68. The van der Waals surface area contributed by atoms with Crippen LogP contribution in [0.1, 0.15) is 78.1 Å². The van der Waals surface area contributed by atoms with Crippen LogP contribution in [0.5, 0.6) is 0 Å².